The SMILES string of the molecule is CCN(C[C@H]1CCOC1)C(=O)c1cnc(Cc2ccc(F)cc2)s1. The molecular formula is C18H21FN2O2S. The lowest BCUT2D eigenvalue weighted by Gasteiger charge is -2.22. The summed E-state index contributed by atoms with van der Waals surface area (Å²) in [7, 11) is 0. The quantitative estimate of drug-likeness (QED) is 0.804. The van der Waals surface area contributed by atoms with Crippen molar-refractivity contribution in [2.45, 2.75) is 19.8 Å². The van der Waals surface area contributed by atoms with Gasteiger partial charge < -0.3 is 9.64 Å². The van der Waals surface area contributed by atoms with Crippen molar-refractivity contribution in [3.63, 3.8) is 0 Å². The first-order valence-corrected chi connectivity index (χ1v) is 9.03. The number of carbonyl (C=O) groups excluding carboxylic acids is 1. The molecule has 1 aliphatic heterocycles. The normalized spacial score (nSPS) is 17.2. The minimum atomic E-state index is -0.247. The Labute approximate surface area is 145 Å². The molecule has 1 fully saturated rings. The number of thiazole rings is 1. The van der Waals surface area contributed by atoms with Crippen LogP contribution in [0.4, 0.5) is 4.39 Å². The summed E-state index contributed by atoms with van der Waals surface area (Å²) in [6.45, 7) is 4.94. The molecule has 1 atom stereocenters. The summed E-state index contributed by atoms with van der Waals surface area (Å²) in [6, 6.07) is 6.38. The zero-order valence-electron chi connectivity index (χ0n) is 13.7. The number of aromatic nitrogens is 1. The van der Waals surface area contributed by atoms with E-state index in [1.807, 2.05) is 11.8 Å². The molecule has 2 aromatic rings. The van der Waals surface area contributed by atoms with Crippen LogP contribution in [0.2, 0.25) is 0 Å². The third-order valence-corrected chi connectivity index (χ3v) is 5.19. The van der Waals surface area contributed by atoms with E-state index in [9.17, 15) is 9.18 Å². The van der Waals surface area contributed by atoms with E-state index >= 15 is 0 Å². The molecule has 1 amide bonds. The van der Waals surface area contributed by atoms with Crippen molar-refractivity contribution in [2.24, 2.45) is 5.92 Å². The van der Waals surface area contributed by atoms with E-state index in [-0.39, 0.29) is 11.7 Å². The predicted molar refractivity (Wildman–Crippen MR) is 91.8 cm³/mol. The summed E-state index contributed by atoms with van der Waals surface area (Å²) in [5.41, 5.74) is 0.986. The van der Waals surface area contributed by atoms with Crippen LogP contribution in [0, 0.1) is 11.7 Å². The molecule has 128 valence electrons. The van der Waals surface area contributed by atoms with Gasteiger partial charge in [0.1, 0.15) is 10.7 Å². The highest BCUT2D eigenvalue weighted by atomic mass is 32.1. The van der Waals surface area contributed by atoms with Crippen LogP contribution < -0.4 is 0 Å². The van der Waals surface area contributed by atoms with Gasteiger partial charge in [0, 0.05) is 32.0 Å². The Hall–Kier alpha value is -1.79. The van der Waals surface area contributed by atoms with Crippen molar-refractivity contribution in [1.29, 1.82) is 0 Å². The fraction of sp³-hybridized carbons (Fsp3) is 0.444. The predicted octanol–water partition coefficient (Wildman–Crippen LogP) is 3.37. The molecule has 1 saturated heterocycles. The summed E-state index contributed by atoms with van der Waals surface area (Å²) in [5, 5.41) is 0.866. The Balaban J connectivity index is 1.64. The number of amides is 1. The van der Waals surface area contributed by atoms with Crippen LogP contribution in [0.3, 0.4) is 0 Å². The molecule has 3 rings (SSSR count). The van der Waals surface area contributed by atoms with Crippen molar-refractivity contribution in [2.75, 3.05) is 26.3 Å². The molecule has 1 aromatic carbocycles. The number of hydrogen-bond donors (Lipinski definition) is 0. The van der Waals surface area contributed by atoms with E-state index in [1.54, 1.807) is 18.3 Å². The van der Waals surface area contributed by atoms with Gasteiger partial charge in [0.15, 0.2) is 0 Å². The first kappa shape index (κ1) is 17.0. The fourth-order valence-electron chi connectivity index (χ4n) is 2.82. The molecule has 24 heavy (non-hydrogen) atoms. The largest absolute Gasteiger partial charge is 0.381 e. The maximum atomic E-state index is 13.0. The van der Waals surface area contributed by atoms with Crippen LogP contribution in [0.15, 0.2) is 30.5 Å². The molecule has 0 saturated carbocycles. The summed E-state index contributed by atoms with van der Waals surface area (Å²) in [6.07, 6.45) is 3.28. The second kappa shape index (κ2) is 7.85. The van der Waals surface area contributed by atoms with E-state index in [0.717, 1.165) is 36.8 Å². The Morgan fingerprint density at radius 3 is 2.88 bits per heavy atom. The summed E-state index contributed by atoms with van der Waals surface area (Å²) in [5.74, 6) is 0.219. The Bertz CT molecular complexity index is 681. The third-order valence-electron chi connectivity index (χ3n) is 4.20. The van der Waals surface area contributed by atoms with E-state index in [0.29, 0.717) is 23.8 Å². The van der Waals surface area contributed by atoms with Gasteiger partial charge in [-0.15, -0.1) is 11.3 Å². The van der Waals surface area contributed by atoms with Crippen molar-refractivity contribution < 1.29 is 13.9 Å². The third kappa shape index (κ3) is 4.19. The number of benzene rings is 1. The number of nitrogens with zero attached hydrogens (tertiary/aromatic N) is 2. The van der Waals surface area contributed by atoms with E-state index < -0.39 is 0 Å². The minimum Gasteiger partial charge on any atom is -0.381 e. The zero-order valence-corrected chi connectivity index (χ0v) is 14.5. The maximum Gasteiger partial charge on any atom is 0.265 e. The molecule has 1 aliphatic rings. The Morgan fingerprint density at radius 1 is 1.42 bits per heavy atom. The number of ether oxygens (including phenoxy) is 1. The van der Waals surface area contributed by atoms with Crippen LogP contribution in [0.5, 0.6) is 0 Å². The van der Waals surface area contributed by atoms with E-state index in [4.69, 9.17) is 4.74 Å². The topological polar surface area (TPSA) is 42.4 Å². The van der Waals surface area contributed by atoms with Crippen LogP contribution in [-0.2, 0) is 11.2 Å². The molecular weight excluding hydrogens is 327 g/mol. The number of halogens is 1. The molecule has 0 unspecified atom stereocenters. The highest BCUT2D eigenvalue weighted by molar-refractivity contribution is 7.13. The van der Waals surface area contributed by atoms with Gasteiger partial charge in [-0.05, 0) is 31.0 Å². The lowest BCUT2D eigenvalue weighted by molar-refractivity contribution is 0.0735. The van der Waals surface area contributed by atoms with Crippen LogP contribution in [-0.4, -0.2) is 42.1 Å². The Morgan fingerprint density at radius 2 is 2.21 bits per heavy atom. The molecule has 0 spiro atoms. The van der Waals surface area contributed by atoms with Gasteiger partial charge in [0.2, 0.25) is 0 Å². The molecule has 0 N–H and O–H groups in total. The van der Waals surface area contributed by atoms with Crippen LogP contribution in [0.25, 0.3) is 0 Å². The van der Waals surface area contributed by atoms with Crippen molar-refractivity contribution in [3.8, 4) is 0 Å². The average molecular weight is 348 g/mol. The first-order chi connectivity index (χ1) is 11.7. The van der Waals surface area contributed by atoms with Gasteiger partial charge in [-0.2, -0.15) is 0 Å². The maximum absolute atomic E-state index is 13.0. The zero-order chi connectivity index (χ0) is 16.9. The van der Waals surface area contributed by atoms with Gasteiger partial charge in [0.25, 0.3) is 5.91 Å². The van der Waals surface area contributed by atoms with Gasteiger partial charge in [0.05, 0.1) is 17.8 Å². The number of hydrogen-bond acceptors (Lipinski definition) is 4. The van der Waals surface area contributed by atoms with Gasteiger partial charge >= 0.3 is 0 Å². The second-order valence-corrected chi connectivity index (χ2v) is 7.11. The van der Waals surface area contributed by atoms with E-state index in [1.165, 1.54) is 23.5 Å². The molecule has 0 bridgehead atoms. The van der Waals surface area contributed by atoms with E-state index in [2.05, 4.69) is 4.98 Å². The second-order valence-electron chi connectivity index (χ2n) is 5.99. The van der Waals surface area contributed by atoms with Gasteiger partial charge in [-0.3, -0.25) is 4.79 Å². The molecule has 0 aliphatic carbocycles. The summed E-state index contributed by atoms with van der Waals surface area (Å²) >= 11 is 1.41. The smallest absolute Gasteiger partial charge is 0.265 e. The standard InChI is InChI=1S/C18H21FN2O2S/c1-2-21(11-14-7-8-23-12-14)18(22)16-10-20-17(24-16)9-13-3-5-15(19)6-4-13/h3-6,10,14H,2,7-9,11-12H2,1H3/t14-/m1/s1. The van der Waals surface area contributed by atoms with Crippen molar-refractivity contribution in [1.82, 2.24) is 9.88 Å². The molecule has 6 heteroatoms. The lowest BCUT2D eigenvalue weighted by atomic mass is 10.1. The average Bonchev–Trinajstić information content (AvgIpc) is 3.26. The Kier molecular flexibility index (Phi) is 5.58. The number of rotatable bonds is 6. The molecule has 4 nitrogen and oxygen atoms in total. The van der Waals surface area contributed by atoms with Crippen LogP contribution in [0.1, 0.15) is 33.6 Å². The highest BCUT2D eigenvalue weighted by Crippen LogP contribution is 2.21. The number of carbonyl (C=O) groups is 1. The van der Waals surface area contributed by atoms with Gasteiger partial charge in [-0.1, -0.05) is 12.1 Å². The molecule has 1 aromatic heterocycles. The highest BCUT2D eigenvalue weighted by Gasteiger charge is 2.23. The lowest BCUT2D eigenvalue weighted by Crippen LogP contribution is -2.35. The van der Waals surface area contributed by atoms with Crippen molar-refractivity contribution in [3.05, 3.63) is 51.7 Å². The van der Waals surface area contributed by atoms with Crippen molar-refractivity contribution >= 4 is 17.2 Å². The fourth-order valence-corrected chi connectivity index (χ4v) is 3.74. The summed E-state index contributed by atoms with van der Waals surface area (Å²) in [4.78, 5) is 19.6. The minimum absolute atomic E-state index is 0.0345. The monoisotopic (exact) mass is 348 g/mol. The summed E-state index contributed by atoms with van der Waals surface area (Å²) < 4.78 is 18.4. The molecule has 0 radical (unpaired) electrons. The first-order valence-electron chi connectivity index (χ1n) is 8.22. The van der Waals surface area contributed by atoms with Crippen LogP contribution >= 0.6 is 11.3 Å². The van der Waals surface area contributed by atoms with Gasteiger partial charge in [-0.25, -0.2) is 9.37 Å². The molecule has 2 heterocycles.